The number of rotatable bonds is 4. The number of likely N-dealkylation sites (N-methyl/N-ethyl adjacent to an activating group) is 1. The summed E-state index contributed by atoms with van der Waals surface area (Å²) in [5.74, 6) is 1.80. The van der Waals surface area contributed by atoms with Crippen molar-refractivity contribution < 1.29 is 0 Å². The summed E-state index contributed by atoms with van der Waals surface area (Å²) in [6, 6.07) is 19.4. The molecule has 8 heteroatoms. The first-order valence-corrected chi connectivity index (χ1v) is 13.4. The second kappa shape index (κ2) is 9.15. The van der Waals surface area contributed by atoms with Crippen LogP contribution in [0, 0.1) is 6.92 Å². The Hall–Kier alpha value is -3.88. The van der Waals surface area contributed by atoms with E-state index in [4.69, 9.17) is 15.7 Å². The average molecular weight is 505 g/mol. The molecule has 1 aliphatic heterocycles. The SMILES string of the molecule is Cc1c(-c2nc(C3CC(N4CCN(C)CC4)C3)n3ncnc(N)c23)ccc2ccc(-c3ccccc3)nc12. The molecule has 2 aliphatic rings. The Morgan fingerprint density at radius 3 is 2.45 bits per heavy atom. The van der Waals surface area contributed by atoms with Gasteiger partial charge in [-0.2, -0.15) is 5.10 Å². The zero-order chi connectivity index (χ0) is 25.8. The van der Waals surface area contributed by atoms with Gasteiger partial charge in [-0.15, -0.1) is 0 Å². The molecule has 192 valence electrons. The number of fused-ring (bicyclic) bond motifs is 2. The van der Waals surface area contributed by atoms with Gasteiger partial charge in [0.05, 0.1) is 11.2 Å². The van der Waals surface area contributed by atoms with Crippen molar-refractivity contribution in [3.8, 4) is 22.5 Å². The fourth-order valence-corrected chi connectivity index (χ4v) is 6.07. The molecule has 0 spiro atoms. The predicted octanol–water partition coefficient (Wildman–Crippen LogP) is 4.39. The first-order valence-electron chi connectivity index (χ1n) is 13.4. The summed E-state index contributed by atoms with van der Waals surface area (Å²) >= 11 is 0. The van der Waals surface area contributed by atoms with Crippen molar-refractivity contribution in [2.75, 3.05) is 39.0 Å². The molecule has 4 heterocycles. The molecule has 2 aromatic carbocycles. The number of benzene rings is 2. The van der Waals surface area contributed by atoms with Crippen LogP contribution in [0.5, 0.6) is 0 Å². The third kappa shape index (κ3) is 3.83. The highest BCUT2D eigenvalue weighted by molar-refractivity contribution is 5.94. The first-order chi connectivity index (χ1) is 18.6. The number of aryl methyl sites for hydroxylation is 1. The van der Waals surface area contributed by atoms with Gasteiger partial charge in [0.25, 0.3) is 0 Å². The predicted molar refractivity (Wildman–Crippen MR) is 151 cm³/mol. The molecule has 2 fully saturated rings. The van der Waals surface area contributed by atoms with Crippen LogP contribution in [0.3, 0.4) is 0 Å². The number of anilines is 1. The molecule has 7 rings (SSSR count). The Labute approximate surface area is 222 Å². The highest BCUT2D eigenvalue weighted by atomic mass is 15.3. The maximum absolute atomic E-state index is 6.45. The standard InChI is InChI=1S/C30H32N8/c1-19-24(10-8-21-9-11-25(34-26(19)21)20-6-4-3-5-7-20)27-28-29(31)32-18-33-38(28)30(35-27)22-16-23(17-22)37-14-12-36(2)13-15-37/h3-11,18,22-23H,12-17H2,1-2H3,(H2,31,32,33). The quantitative estimate of drug-likeness (QED) is 0.388. The molecule has 1 saturated carbocycles. The number of piperazine rings is 1. The first kappa shape index (κ1) is 23.3. The summed E-state index contributed by atoms with van der Waals surface area (Å²) in [6.45, 7) is 6.69. The fourth-order valence-electron chi connectivity index (χ4n) is 6.07. The molecule has 0 atom stereocenters. The van der Waals surface area contributed by atoms with Crippen molar-refractivity contribution in [1.29, 1.82) is 0 Å². The molecule has 1 saturated heterocycles. The van der Waals surface area contributed by atoms with Crippen molar-refractivity contribution in [3.05, 3.63) is 72.3 Å². The van der Waals surface area contributed by atoms with Crippen LogP contribution in [-0.2, 0) is 0 Å². The number of hydrogen-bond donors (Lipinski definition) is 1. The van der Waals surface area contributed by atoms with Gasteiger partial charge in [0.2, 0.25) is 0 Å². The van der Waals surface area contributed by atoms with Gasteiger partial charge in [-0.05, 0) is 38.4 Å². The Morgan fingerprint density at radius 2 is 1.66 bits per heavy atom. The summed E-state index contributed by atoms with van der Waals surface area (Å²) < 4.78 is 1.93. The zero-order valence-corrected chi connectivity index (χ0v) is 21.9. The normalized spacial score (nSPS) is 20.7. The molecule has 0 bridgehead atoms. The molecule has 38 heavy (non-hydrogen) atoms. The lowest BCUT2D eigenvalue weighted by atomic mass is 9.78. The van der Waals surface area contributed by atoms with Crippen LogP contribution in [0.25, 0.3) is 38.9 Å². The second-order valence-corrected chi connectivity index (χ2v) is 10.8. The molecule has 5 aromatic rings. The lowest BCUT2D eigenvalue weighted by Gasteiger charge is -2.45. The van der Waals surface area contributed by atoms with Crippen molar-refractivity contribution in [2.45, 2.75) is 31.7 Å². The van der Waals surface area contributed by atoms with Gasteiger partial charge in [-0.25, -0.2) is 19.5 Å². The summed E-state index contributed by atoms with van der Waals surface area (Å²) in [5, 5.41) is 5.72. The highest BCUT2D eigenvalue weighted by Gasteiger charge is 2.38. The van der Waals surface area contributed by atoms with Gasteiger partial charge in [0, 0.05) is 54.7 Å². The minimum Gasteiger partial charge on any atom is -0.382 e. The van der Waals surface area contributed by atoms with Crippen LogP contribution in [-0.4, -0.2) is 73.6 Å². The van der Waals surface area contributed by atoms with E-state index in [1.165, 1.54) is 6.33 Å². The van der Waals surface area contributed by atoms with E-state index in [-0.39, 0.29) is 0 Å². The van der Waals surface area contributed by atoms with Gasteiger partial charge >= 0.3 is 0 Å². The van der Waals surface area contributed by atoms with Gasteiger partial charge in [-0.1, -0.05) is 48.5 Å². The molecule has 0 amide bonds. The molecule has 0 radical (unpaired) electrons. The number of aromatic nitrogens is 5. The molecule has 8 nitrogen and oxygen atoms in total. The molecule has 0 unspecified atom stereocenters. The highest BCUT2D eigenvalue weighted by Crippen LogP contribution is 2.42. The van der Waals surface area contributed by atoms with E-state index in [1.54, 1.807) is 0 Å². The Balaban J connectivity index is 1.28. The van der Waals surface area contributed by atoms with Crippen molar-refractivity contribution in [2.24, 2.45) is 0 Å². The van der Waals surface area contributed by atoms with Crippen LogP contribution in [0.15, 0.2) is 60.9 Å². The van der Waals surface area contributed by atoms with Crippen molar-refractivity contribution >= 4 is 22.2 Å². The summed E-state index contributed by atoms with van der Waals surface area (Å²) in [7, 11) is 2.20. The van der Waals surface area contributed by atoms with Gasteiger partial charge in [0.15, 0.2) is 5.82 Å². The minimum absolute atomic E-state index is 0.360. The monoisotopic (exact) mass is 504 g/mol. The lowest BCUT2D eigenvalue weighted by molar-refractivity contribution is 0.0584. The third-order valence-electron chi connectivity index (χ3n) is 8.46. The minimum atomic E-state index is 0.360. The number of imidazole rings is 1. The number of nitrogens with two attached hydrogens (primary N) is 1. The van der Waals surface area contributed by atoms with E-state index in [0.29, 0.717) is 17.8 Å². The van der Waals surface area contributed by atoms with Gasteiger partial charge in [-0.3, -0.25) is 4.90 Å². The maximum Gasteiger partial charge on any atom is 0.153 e. The fraction of sp³-hybridized carbons (Fsp3) is 0.333. The van der Waals surface area contributed by atoms with Gasteiger partial charge < -0.3 is 10.6 Å². The van der Waals surface area contributed by atoms with Crippen molar-refractivity contribution in [3.63, 3.8) is 0 Å². The molecule has 3 aromatic heterocycles. The number of nitrogen functional groups attached to an aromatic ring is 1. The average Bonchev–Trinajstić information content (AvgIpc) is 3.30. The number of hydrogen-bond acceptors (Lipinski definition) is 7. The smallest absolute Gasteiger partial charge is 0.153 e. The van der Waals surface area contributed by atoms with Crippen molar-refractivity contribution in [1.82, 2.24) is 34.4 Å². The van der Waals surface area contributed by atoms with Crippen LogP contribution in [0.2, 0.25) is 0 Å². The van der Waals surface area contributed by atoms with Crippen LogP contribution < -0.4 is 5.73 Å². The topological polar surface area (TPSA) is 88.5 Å². The van der Waals surface area contributed by atoms with E-state index in [0.717, 1.165) is 89.3 Å². The van der Waals surface area contributed by atoms with E-state index >= 15 is 0 Å². The zero-order valence-electron chi connectivity index (χ0n) is 21.9. The van der Waals surface area contributed by atoms with Gasteiger partial charge in [0.1, 0.15) is 23.4 Å². The Bertz CT molecular complexity index is 1630. The van der Waals surface area contributed by atoms with Crippen LogP contribution in [0.4, 0.5) is 5.82 Å². The maximum atomic E-state index is 6.45. The summed E-state index contributed by atoms with van der Waals surface area (Å²) in [4.78, 5) is 19.6. The lowest BCUT2D eigenvalue weighted by Crippen LogP contribution is -2.52. The number of pyridine rings is 1. The largest absolute Gasteiger partial charge is 0.382 e. The van der Waals surface area contributed by atoms with E-state index in [2.05, 4.69) is 70.3 Å². The molecular formula is C30H32N8. The summed E-state index contributed by atoms with van der Waals surface area (Å²) in [5.41, 5.74) is 13.2. The van der Waals surface area contributed by atoms with Crippen LogP contribution in [0.1, 0.15) is 30.1 Å². The molecule has 1 aliphatic carbocycles. The van der Waals surface area contributed by atoms with E-state index < -0.39 is 0 Å². The number of nitrogens with zero attached hydrogens (tertiary/aromatic N) is 7. The molecular weight excluding hydrogens is 472 g/mol. The third-order valence-corrected chi connectivity index (χ3v) is 8.46. The van der Waals surface area contributed by atoms with E-state index in [1.807, 2.05) is 22.7 Å². The Kier molecular flexibility index (Phi) is 5.60. The Morgan fingerprint density at radius 1 is 0.895 bits per heavy atom. The van der Waals surface area contributed by atoms with Crippen LogP contribution >= 0.6 is 0 Å². The van der Waals surface area contributed by atoms with E-state index in [9.17, 15) is 0 Å². The summed E-state index contributed by atoms with van der Waals surface area (Å²) in [6.07, 6.45) is 3.74. The molecule has 2 N–H and O–H groups in total. The second-order valence-electron chi connectivity index (χ2n) is 10.8.